The largest absolute Gasteiger partial charge is 0.493 e. The van der Waals surface area contributed by atoms with E-state index in [1.807, 2.05) is 30.3 Å². The van der Waals surface area contributed by atoms with Crippen LogP contribution in [-0.2, 0) is 0 Å². The van der Waals surface area contributed by atoms with Crippen LogP contribution in [-0.4, -0.2) is 68.6 Å². The molecule has 0 N–H and O–H groups in total. The summed E-state index contributed by atoms with van der Waals surface area (Å²) in [6.07, 6.45) is 1.50. The van der Waals surface area contributed by atoms with Crippen molar-refractivity contribution < 1.29 is 19.1 Å². The fraction of sp³-hybridized carbons (Fsp3) is 0.462. The summed E-state index contributed by atoms with van der Waals surface area (Å²) in [4.78, 5) is 33.4. The average Bonchev–Trinajstić information content (AvgIpc) is 3.12. The van der Waals surface area contributed by atoms with Gasteiger partial charge in [-0.25, -0.2) is 0 Å². The number of anilines is 1. The standard InChI is InChI=1S/C26H33N3O4/c1-5-8-20(18-11-12-22(32-3)23(17-18)33-4)29-25(30)19-9-7-10-21(24(19)26(29)31)28-15-13-27(6-2)14-16-28/h7,9-12,17,20H,5-6,8,13-16H2,1-4H3. The Morgan fingerprint density at radius 1 is 0.909 bits per heavy atom. The maximum absolute atomic E-state index is 13.8. The number of amides is 2. The number of piperazine rings is 1. The van der Waals surface area contributed by atoms with E-state index in [9.17, 15) is 9.59 Å². The van der Waals surface area contributed by atoms with Gasteiger partial charge in [-0.2, -0.15) is 0 Å². The number of ether oxygens (including phenoxy) is 2. The number of fused-ring (bicyclic) bond motifs is 1. The Balaban J connectivity index is 1.69. The molecule has 33 heavy (non-hydrogen) atoms. The number of benzene rings is 2. The molecule has 0 spiro atoms. The lowest BCUT2D eigenvalue weighted by Gasteiger charge is -2.36. The second-order valence-electron chi connectivity index (χ2n) is 8.52. The highest BCUT2D eigenvalue weighted by Crippen LogP contribution is 2.40. The maximum Gasteiger partial charge on any atom is 0.264 e. The van der Waals surface area contributed by atoms with Gasteiger partial charge in [0.2, 0.25) is 0 Å². The van der Waals surface area contributed by atoms with Crippen LogP contribution < -0.4 is 14.4 Å². The Morgan fingerprint density at radius 2 is 1.64 bits per heavy atom. The van der Waals surface area contributed by atoms with E-state index < -0.39 is 0 Å². The molecule has 0 aliphatic carbocycles. The van der Waals surface area contributed by atoms with Gasteiger partial charge in [0.25, 0.3) is 11.8 Å². The SMILES string of the molecule is CCCC(c1ccc(OC)c(OC)c1)N1C(=O)c2cccc(N3CCN(CC)CC3)c2C1=O. The number of rotatable bonds is 8. The zero-order valence-electron chi connectivity index (χ0n) is 20.0. The van der Waals surface area contributed by atoms with Crippen LogP contribution in [0.2, 0.25) is 0 Å². The first-order valence-electron chi connectivity index (χ1n) is 11.7. The molecule has 2 amide bonds. The number of carbonyl (C=O) groups excluding carboxylic acids is 2. The molecule has 2 aliphatic heterocycles. The van der Waals surface area contributed by atoms with Crippen molar-refractivity contribution in [3.63, 3.8) is 0 Å². The van der Waals surface area contributed by atoms with Crippen molar-refractivity contribution in [2.24, 2.45) is 0 Å². The molecule has 0 radical (unpaired) electrons. The van der Waals surface area contributed by atoms with E-state index in [0.29, 0.717) is 29.0 Å². The third-order valence-corrected chi connectivity index (χ3v) is 6.75. The highest BCUT2D eigenvalue weighted by molar-refractivity contribution is 6.24. The van der Waals surface area contributed by atoms with E-state index in [1.165, 1.54) is 4.90 Å². The number of imide groups is 1. The summed E-state index contributed by atoms with van der Waals surface area (Å²) >= 11 is 0. The third kappa shape index (κ3) is 4.17. The molecule has 4 rings (SSSR count). The summed E-state index contributed by atoms with van der Waals surface area (Å²) in [6.45, 7) is 8.85. The molecule has 176 valence electrons. The Kier molecular flexibility index (Phi) is 6.88. The zero-order valence-corrected chi connectivity index (χ0v) is 20.0. The first-order valence-corrected chi connectivity index (χ1v) is 11.7. The van der Waals surface area contributed by atoms with E-state index in [4.69, 9.17) is 9.47 Å². The van der Waals surface area contributed by atoms with E-state index in [2.05, 4.69) is 23.6 Å². The summed E-state index contributed by atoms with van der Waals surface area (Å²) in [5.41, 5.74) is 2.76. The van der Waals surface area contributed by atoms with Gasteiger partial charge < -0.3 is 19.3 Å². The number of hydrogen-bond acceptors (Lipinski definition) is 6. The van der Waals surface area contributed by atoms with Gasteiger partial charge in [0, 0.05) is 26.2 Å². The van der Waals surface area contributed by atoms with Gasteiger partial charge >= 0.3 is 0 Å². The van der Waals surface area contributed by atoms with Gasteiger partial charge in [-0.1, -0.05) is 32.4 Å². The highest BCUT2D eigenvalue weighted by Gasteiger charge is 2.42. The topological polar surface area (TPSA) is 62.3 Å². The second kappa shape index (κ2) is 9.83. The van der Waals surface area contributed by atoms with Crippen molar-refractivity contribution >= 4 is 17.5 Å². The Labute approximate surface area is 195 Å². The first-order chi connectivity index (χ1) is 16.0. The number of hydrogen-bond donors (Lipinski definition) is 0. The minimum absolute atomic E-state index is 0.211. The Bertz CT molecular complexity index is 1030. The smallest absolute Gasteiger partial charge is 0.264 e. The van der Waals surface area contributed by atoms with Gasteiger partial charge in [0.1, 0.15) is 0 Å². The van der Waals surface area contributed by atoms with E-state index in [1.54, 1.807) is 20.3 Å². The fourth-order valence-corrected chi connectivity index (χ4v) is 4.92. The Morgan fingerprint density at radius 3 is 2.27 bits per heavy atom. The molecule has 1 atom stereocenters. The lowest BCUT2D eigenvalue weighted by Crippen LogP contribution is -2.46. The predicted octanol–water partition coefficient (Wildman–Crippen LogP) is 3.98. The normalized spacial score (nSPS) is 17.3. The van der Waals surface area contributed by atoms with Gasteiger partial charge in [-0.3, -0.25) is 14.5 Å². The van der Waals surface area contributed by atoms with Crippen LogP contribution in [0.4, 0.5) is 5.69 Å². The van der Waals surface area contributed by atoms with Gasteiger partial charge in [-0.05, 0) is 42.8 Å². The monoisotopic (exact) mass is 451 g/mol. The highest BCUT2D eigenvalue weighted by atomic mass is 16.5. The molecule has 0 bridgehead atoms. The minimum atomic E-state index is -0.369. The van der Waals surface area contributed by atoms with Crippen molar-refractivity contribution in [3.8, 4) is 11.5 Å². The third-order valence-electron chi connectivity index (χ3n) is 6.75. The number of methoxy groups -OCH3 is 2. The van der Waals surface area contributed by atoms with Gasteiger partial charge in [-0.15, -0.1) is 0 Å². The predicted molar refractivity (Wildman–Crippen MR) is 128 cm³/mol. The van der Waals surface area contributed by atoms with Crippen LogP contribution >= 0.6 is 0 Å². The fourth-order valence-electron chi connectivity index (χ4n) is 4.92. The van der Waals surface area contributed by atoms with Crippen LogP contribution in [0.3, 0.4) is 0 Å². The summed E-state index contributed by atoms with van der Waals surface area (Å²) in [5.74, 6) is 0.767. The maximum atomic E-state index is 13.8. The van der Waals surface area contributed by atoms with E-state index in [-0.39, 0.29) is 17.9 Å². The molecule has 2 aliphatic rings. The first kappa shape index (κ1) is 23.1. The molecule has 0 saturated carbocycles. The zero-order chi connectivity index (χ0) is 23.5. The molecular formula is C26H33N3O4. The lowest BCUT2D eigenvalue weighted by molar-refractivity contribution is 0.0573. The van der Waals surface area contributed by atoms with Crippen LogP contribution in [0.1, 0.15) is 59.0 Å². The minimum Gasteiger partial charge on any atom is -0.493 e. The number of carbonyl (C=O) groups is 2. The second-order valence-corrected chi connectivity index (χ2v) is 8.52. The van der Waals surface area contributed by atoms with Crippen molar-refractivity contribution in [2.45, 2.75) is 32.7 Å². The molecule has 0 aromatic heterocycles. The van der Waals surface area contributed by atoms with Gasteiger partial charge in [0.15, 0.2) is 11.5 Å². The molecular weight excluding hydrogens is 418 g/mol. The molecule has 2 heterocycles. The summed E-state index contributed by atoms with van der Waals surface area (Å²) < 4.78 is 10.8. The van der Waals surface area contributed by atoms with Crippen LogP contribution in [0.15, 0.2) is 36.4 Å². The van der Waals surface area contributed by atoms with Crippen LogP contribution in [0, 0.1) is 0 Å². The molecule has 1 saturated heterocycles. The van der Waals surface area contributed by atoms with E-state index in [0.717, 1.165) is 50.4 Å². The van der Waals surface area contributed by atoms with Crippen molar-refractivity contribution in [3.05, 3.63) is 53.1 Å². The molecule has 2 aromatic rings. The summed E-state index contributed by atoms with van der Waals surface area (Å²) in [7, 11) is 3.18. The van der Waals surface area contributed by atoms with Crippen molar-refractivity contribution in [1.29, 1.82) is 0 Å². The summed E-state index contributed by atoms with van der Waals surface area (Å²) in [6, 6.07) is 10.9. The summed E-state index contributed by atoms with van der Waals surface area (Å²) in [5, 5.41) is 0. The quantitative estimate of drug-likeness (QED) is 0.566. The molecule has 7 nitrogen and oxygen atoms in total. The van der Waals surface area contributed by atoms with Crippen molar-refractivity contribution in [2.75, 3.05) is 51.8 Å². The molecule has 2 aromatic carbocycles. The van der Waals surface area contributed by atoms with Crippen molar-refractivity contribution in [1.82, 2.24) is 9.80 Å². The van der Waals surface area contributed by atoms with Gasteiger partial charge in [0.05, 0.1) is 37.1 Å². The van der Waals surface area contributed by atoms with E-state index >= 15 is 0 Å². The number of likely N-dealkylation sites (N-methyl/N-ethyl adjacent to an activating group) is 1. The average molecular weight is 452 g/mol. The Hall–Kier alpha value is -3.06. The molecule has 1 fully saturated rings. The molecule has 7 heteroatoms. The van der Waals surface area contributed by atoms with Crippen LogP contribution in [0.25, 0.3) is 0 Å². The van der Waals surface area contributed by atoms with Crippen LogP contribution in [0.5, 0.6) is 11.5 Å². The molecule has 1 unspecified atom stereocenters. The number of nitrogens with zero attached hydrogens (tertiary/aromatic N) is 3. The lowest BCUT2D eigenvalue weighted by atomic mass is 10.00.